The minimum absolute atomic E-state index is 0.0979. The summed E-state index contributed by atoms with van der Waals surface area (Å²) < 4.78 is 13.3. The molecule has 0 amide bonds. The number of fused-ring (bicyclic) bond motifs is 1. The first-order chi connectivity index (χ1) is 11.8. The Morgan fingerprint density at radius 1 is 0.792 bits per heavy atom. The summed E-state index contributed by atoms with van der Waals surface area (Å²) in [6.07, 6.45) is 2.16. The molecule has 0 aliphatic carbocycles. The maximum Gasteiger partial charge on any atom is 0.316 e. The van der Waals surface area contributed by atoms with Crippen molar-refractivity contribution in [3.05, 3.63) is 102 Å². The zero-order valence-electron chi connectivity index (χ0n) is 13.3. The number of hydrogen-bond donors (Lipinski definition) is 0. The second-order valence-electron chi connectivity index (χ2n) is 6.03. The number of hydrogen-bond acceptors (Lipinski definition) is 1. The van der Waals surface area contributed by atoms with Gasteiger partial charge in [-0.05, 0) is 29.3 Å². The van der Waals surface area contributed by atoms with Crippen molar-refractivity contribution in [2.75, 3.05) is 4.81 Å². The fraction of sp³-hybridized carbons (Fsp3) is 0.0476. The molecule has 0 atom stereocenters. The molecule has 1 heterocycles. The van der Waals surface area contributed by atoms with Gasteiger partial charge in [0.1, 0.15) is 5.82 Å². The van der Waals surface area contributed by atoms with Crippen molar-refractivity contribution in [1.82, 2.24) is 0 Å². The van der Waals surface area contributed by atoms with Crippen LogP contribution in [0.1, 0.15) is 11.1 Å². The maximum atomic E-state index is 13.3. The summed E-state index contributed by atoms with van der Waals surface area (Å²) in [6.45, 7) is 0.908. The molecule has 1 nitrogen and oxygen atoms in total. The number of benzene rings is 3. The molecule has 0 spiro atoms. The van der Waals surface area contributed by atoms with Crippen LogP contribution in [0.15, 0.2) is 84.8 Å². The summed E-state index contributed by atoms with van der Waals surface area (Å²) in [7, 11) is 0. The van der Waals surface area contributed by atoms with E-state index in [-0.39, 0.29) is 12.7 Å². The molecule has 1 aliphatic heterocycles. The number of halogens is 1. The van der Waals surface area contributed by atoms with Gasteiger partial charge in [0.2, 0.25) is 0 Å². The highest BCUT2D eigenvalue weighted by atomic mass is 19.1. The molecular formula is C21H17BFN. The molecule has 0 bridgehead atoms. The molecule has 1 aliphatic rings. The van der Waals surface area contributed by atoms with Crippen LogP contribution >= 0.6 is 0 Å². The van der Waals surface area contributed by atoms with Crippen LogP contribution in [0, 0.1) is 5.82 Å². The summed E-state index contributed by atoms with van der Waals surface area (Å²) in [5.74, 6) is 1.99. The van der Waals surface area contributed by atoms with Gasteiger partial charge in [-0.25, -0.2) is 4.39 Å². The lowest BCUT2D eigenvalue weighted by molar-refractivity contribution is 0.628. The SMILES string of the molecule is Fc1ccc(B2C=Cc3ccccc3N2Cc2ccccc2)cc1. The van der Waals surface area contributed by atoms with Gasteiger partial charge in [-0.15, -0.1) is 0 Å². The minimum Gasteiger partial charge on any atom is -0.403 e. The Morgan fingerprint density at radius 2 is 1.50 bits per heavy atom. The zero-order valence-corrected chi connectivity index (χ0v) is 13.3. The van der Waals surface area contributed by atoms with Crippen LogP contribution in [0.25, 0.3) is 6.08 Å². The second-order valence-corrected chi connectivity index (χ2v) is 6.03. The highest BCUT2D eigenvalue weighted by Gasteiger charge is 2.27. The largest absolute Gasteiger partial charge is 0.403 e. The number of rotatable bonds is 3. The molecule has 0 radical (unpaired) electrons. The molecule has 3 heteroatoms. The molecule has 0 fully saturated rings. The molecule has 0 aromatic heterocycles. The van der Waals surface area contributed by atoms with E-state index in [1.807, 2.05) is 18.2 Å². The Morgan fingerprint density at radius 3 is 2.29 bits per heavy atom. The lowest BCUT2D eigenvalue weighted by atomic mass is 9.52. The van der Waals surface area contributed by atoms with Gasteiger partial charge in [0, 0.05) is 12.2 Å². The van der Waals surface area contributed by atoms with Crippen LogP contribution in [-0.4, -0.2) is 6.85 Å². The van der Waals surface area contributed by atoms with Crippen molar-refractivity contribution in [2.24, 2.45) is 0 Å². The normalized spacial score (nSPS) is 13.0. The van der Waals surface area contributed by atoms with Gasteiger partial charge in [-0.3, -0.25) is 0 Å². The Balaban J connectivity index is 1.76. The fourth-order valence-corrected chi connectivity index (χ4v) is 3.25. The third-order valence-electron chi connectivity index (χ3n) is 4.45. The van der Waals surface area contributed by atoms with Gasteiger partial charge >= 0.3 is 6.85 Å². The molecule has 4 rings (SSSR count). The van der Waals surface area contributed by atoms with E-state index < -0.39 is 0 Å². The van der Waals surface area contributed by atoms with Crippen LogP contribution in [0.5, 0.6) is 0 Å². The van der Waals surface area contributed by atoms with Crippen molar-refractivity contribution < 1.29 is 4.39 Å². The van der Waals surface area contributed by atoms with Crippen LogP contribution in [0.2, 0.25) is 0 Å². The van der Waals surface area contributed by atoms with E-state index in [0.717, 1.165) is 12.0 Å². The second kappa shape index (κ2) is 6.36. The predicted molar refractivity (Wildman–Crippen MR) is 99.9 cm³/mol. The quantitative estimate of drug-likeness (QED) is 0.652. The van der Waals surface area contributed by atoms with E-state index >= 15 is 0 Å². The van der Waals surface area contributed by atoms with E-state index in [1.165, 1.54) is 28.9 Å². The molecular weight excluding hydrogens is 296 g/mol. The molecule has 0 N–H and O–H groups in total. The smallest absolute Gasteiger partial charge is 0.316 e. The number of anilines is 1. The highest BCUT2D eigenvalue weighted by Crippen LogP contribution is 2.28. The van der Waals surface area contributed by atoms with Crippen LogP contribution in [-0.2, 0) is 6.54 Å². The average Bonchev–Trinajstić information content (AvgIpc) is 2.64. The van der Waals surface area contributed by atoms with E-state index in [2.05, 4.69) is 65.4 Å². The minimum atomic E-state index is -0.200. The summed E-state index contributed by atoms with van der Waals surface area (Å²) in [5.41, 5.74) is 4.78. The third-order valence-corrected chi connectivity index (χ3v) is 4.45. The van der Waals surface area contributed by atoms with Gasteiger partial charge in [-0.2, -0.15) is 0 Å². The molecule has 24 heavy (non-hydrogen) atoms. The fourth-order valence-electron chi connectivity index (χ4n) is 3.25. The van der Waals surface area contributed by atoms with Crippen molar-refractivity contribution >= 4 is 24.1 Å². The summed E-state index contributed by atoms with van der Waals surface area (Å²) in [6, 6.07) is 25.7. The maximum absolute atomic E-state index is 13.3. The van der Waals surface area contributed by atoms with Crippen molar-refractivity contribution in [3.8, 4) is 0 Å². The molecule has 0 unspecified atom stereocenters. The summed E-state index contributed by atoms with van der Waals surface area (Å²) in [4.78, 5) is 2.37. The van der Waals surface area contributed by atoms with E-state index in [9.17, 15) is 4.39 Å². The van der Waals surface area contributed by atoms with Gasteiger partial charge in [0.25, 0.3) is 0 Å². The Hall–Kier alpha value is -2.81. The first-order valence-electron chi connectivity index (χ1n) is 8.14. The van der Waals surface area contributed by atoms with Gasteiger partial charge < -0.3 is 4.81 Å². The lowest BCUT2D eigenvalue weighted by Gasteiger charge is -2.34. The first kappa shape index (κ1) is 14.8. The standard InChI is InChI=1S/C21H17BFN/c23-20-12-10-19(11-13-20)22-15-14-18-8-4-5-9-21(18)24(22)16-17-6-2-1-3-7-17/h1-15H,16H2. The predicted octanol–water partition coefficient (Wildman–Crippen LogP) is 4.30. The Labute approximate surface area is 142 Å². The summed E-state index contributed by atoms with van der Waals surface area (Å²) in [5, 5.41) is 0. The monoisotopic (exact) mass is 313 g/mol. The lowest BCUT2D eigenvalue weighted by Crippen LogP contribution is -2.48. The zero-order chi connectivity index (χ0) is 16.4. The average molecular weight is 313 g/mol. The van der Waals surface area contributed by atoms with E-state index in [4.69, 9.17) is 0 Å². The molecule has 3 aromatic carbocycles. The Bertz CT molecular complexity index is 859. The first-order valence-corrected chi connectivity index (χ1v) is 8.14. The Kier molecular flexibility index (Phi) is 3.92. The van der Waals surface area contributed by atoms with Gasteiger partial charge in [0.15, 0.2) is 0 Å². The van der Waals surface area contributed by atoms with Gasteiger partial charge in [0.05, 0.1) is 0 Å². The van der Waals surface area contributed by atoms with Crippen molar-refractivity contribution in [2.45, 2.75) is 6.54 Å². The molecule has 3 aromatic rings. The number of nitrogens with zero attached hydrogens (tertiary/aromatic N) is 1. The van der Waals surface area contributed by atoms with Gasteiger partial charge in [-0.1, -0.05) is 78.2 Å². The molecule has 0 saturated heterocycles. The van der Waals surface area contributed by atoms with Crippen molar-refractivity contribution in [1.29, 1.82) is 0 Å². The molecule has 0 saturated carbocycles. The van der Waals surface area contributed by atoms with E-state index in [1.54, 1.807) is 0 Å². The topological polar surface area (TPSA) is 3.24 Å². The molecule has 116 valence electrons. The van der Waals surface area contributed by atoms with Crippen LogP contribution < -0.4 is 10.3 Å². The van der Waals surface area contributed by atoms with E-state index in [0.29, 0.717) is 0 Å². The third kappa shape index (κ3) is 2.85. The highest BCUT2D eigenvalue weighted by molar-refractivity contribution is 6.82. The van der Waals surface area contributed by atoms with Crippen LogP contribution in [0.3, 0.4) is 0 Å². The van der Waals surface area contributed by atoms with Crippen LogP contribution in [0.4, 0.5) is 10.1 Å². The number of para-hydroxylation sites is 1. The summed E-state index contributed by atoms with van der Waals surface area (Å²) >= 11 is 0. The van der Waals surface area contributed by atoms with Crippen molar-refractivity contribution in [3.63, 3.8) is 0 Å².